The van der Waals surface area contributed by atoms with Gasteiger partial charge in [-0.1, -0.05) is 34.1 Å². The van der Waals surface area contributed by atoms with Crippen LogP contribution in [0.2, 0.25) is 0 Å². The van der Waals surface area contributed by atoms with Gasteiger partial charge in [-0.2, -0.15) is 11.8 Å². The number of hydrogen-bond donors (Lipinski definition) is 6. The second-order valence-corrected chi connectivity index (χ2v) is 8.97. The molecule has 7 N–H and O–H groups in total. The fourth-order valence-corrected chi connectivity index (χ4v) is 3.25. The fourth-order valence-electron chi connectivity index (χ4n) is 2.78. The van der Waals surface area contributed by atoms with E-state index in [1.807, 2.05) is 13.2 Å². The van der Waals surface area contributed by atoms with Crippen molar-refractivity contribution >= 4 is 41.4 Å². The van der Waals surface area contributed by atoms with E-state index < -0.39 is 60.2 Å². The maximum Gasteiger partial charge on any atom is 0.326 e. The maximum absolute atomic E-state index is 12.9. The minimum atomic E-state index is -1.33. The molecule has 0 bridgehead atoms. The third kappa shape index (κ3) is 10.3. The van der Waals surface area contributed by atoms with Crippen LogP contribution in [-0.2, 0) is 24.0 Å². The Labute approximate surface area is 192 Å². The zero-order chi connectivity index (χ0) is 25.0. The summed E-state index contributed by atoms with van der Waals surface area (Å²) in [5.74, 6) is -4.65. The lowest BCUT2D eigenvalue weighted by Gasteiger charge is -2.28. The van der Waals surface area contributed by atoms with Crippen LogP contribution < -0.4 is 21.7 Å². The number of nitrogens with one attached hydrogen (secondary N) is 3. The van der Waals surface area contributed by atoms with Crippen LogP contribution in [-0.4, -0.2) is 76.0 Å². The smallest absolute Gasteiger partial charge is 0.326 e. The van der Waals surface area contributed by atoms with Gasteiger partial charge in [-0.15, -0.1) is 0 Å². The van der Waals surface area contributed by atoms with E-state index in [9.17, 15) is 29.1 Å². The van der Waals surface area contributed by atoms with E-state index in [0.29, 0.717) is 12.2 Å². The Morgan fingerprint density at radius 2 is 1.47 bits per heavy atom. The predicted octanol–water partition coefficient (Wildman–Crippen LogP) is -0.217. The molecule has 11 nitrogen and oxygen atoms in total. The van der Waals surface area contributed by atoms with Crippen LogP contribution in [0, 0.1) is 11.8 Å². The molecule has 0 saturated carbocycles. The Morgan fingerprint density at radius 1 is 0.906 bits per heavy atom. The summed E-state index contributed by atoms with van der Waals surface area (Å²) in [7, 11) is 0. The Balaban J connectivity index is 5.43. The third-order valence-corrected chi connectivity index (χ3v) is 5.64. The molecule has 0 aliphatic carbocycles. The predicted molar refractivity (Wildman–Crippen MR) is 121 cm³/mol. The summed E-state index contributed by atoms with van der Waals surface area (Å²) < 4.78 is 0. The highest BCUT2D eigenvalue weighted by Gasteiger charge is 2.33. The Bertz CT molecular complexity index is 674. The molecule has 0 heterocycles. The number of carboxylic acids is 2. The number of aliphatic carboxylic acids is 2. The SMILES string of the molecule is CCC(C)C(NC(=O)C(NC(=O)C(CCSC)NC(=O)C(N)CC(=O)O)C(C)C)C(=O)O. The lowest BCUT2D eigenvalue weighted by atomic mass is 9.97. The van der Waals surface area contributed by atoms with E-state index in [1.165, 1.54) is 11.8 Å². The monoisotopic (exact) mass is 476 g/mol. The lowest BCUT2D eigenvalue weighted by molar-refractivity contribution is -0.144. The first-order chi connectivity index (χ1) is 14.8. The van der Waals surface area contributed by atoms with Crippen molar-refractivity contribution in [2.45, 2.75) is 71.1 Å². The van der Waals surface area contributed by atoms with E-state index in [4.69, 9.17) is 10.8 Å². The number of carboxylic acid groups (broad SMARTS) is 2. The average Bonchev–Trinajstić information content (AvgIpc) is 2.70. The van der Waals surface area contributed by atoms with E-state index in [1.54, 1.807) is 20.8 Å². The highest BCUT2D eigenvalue weighted by atomic mass is 32.2. The van der Waals surface area contributed by atoms with Crippen LogP contribution in [0.1, 0.15) is 47.0 Å². The van der Waals surface area contributed by atoms with Gasteiger partial charge in [0.05, 0.1) is 12.5 Å². The molecule has 0 aliphatic heterocycles. The summed E-state index contributed by atoms with van der Waals surface area (Å²) >= 11 is 1.44. The molecule has 0 aromatic carbocycles. The number of amides is 3. The molecule has 0 spiro atoms. The fraction of sp³-hybridized carbons (Fsp3) is 0.750. The molecule has 0 aromatic rings. The molecule has 32 heavy (non-hydrogen) atoms. The highest BCUT2D eigenvalue weighted by molar-refractivity contribution is 7.98. The van der Waals surface area contributed by atoms with Gasteiger partial charge < -0.3 is 31.9 Å². The molecular weight excluding hydrogens is 440 g/mol. The molecule has 12 heteroatoms. The largest absolute Gasteiger partial charge is 0.481 e. The molecule has 184 valence electrons. The van der Waals surface area contributed by atoms with Gasteiger partial charge in [-0.05, 0) is 30.3 Å². The van der Waals surface area contributed by atoms with Gasteiger partial charge in [-0.3, -0.25) is 19.2 Å². The first-order valence-electron chi connectivity index (χ1n) is 10.5. The Kier molecular flexibility index (Phi) is 13.6. The van der Waals surface area contributed by atoms with Crippen LogP contribution in [0.3, 0.4) is 0 Å². The molecule has 5 unspecified atom stereocenters. The summed E-state index contributed by atoms with van der Waals surface area (Å²) in [6.45, 7) is 6.91. The molecular formula is C20H36N4O7S. The summed E-state index contributed by atoms with van der Waals surface area (Å²) in [4.78, 5) is 60.2. The number of thioether (sulfide) groups is 1. The topological polar surface area (TPSA) is 188 Å². The molecule has 0 aliphatic rings. The van der Waals surface area contributed by atoms with Crippen LogP contribution in [0.5, 0.6) is 0 Å². The summed E-state index contributed by atoms with van der Waals surface area (Å²) in [5.41, 5.74) is 5.57. The van der Waals surface area contributed by atoms with Gasteiger partial charge in [0.15, 0.2) is 0 Å². The quantitative estimate of drug-likeness (QED) is 0.186. The lowest BCUT2D eigenvalue weighted by Crippen LogP contribution is -2.59. The normalized spacial score (nSPS) is 15.7. The average molecular weight is 477 g/mol. The molecule has 3 amide bonds. The van der Waals surface area contributed by atoms with Crippen molar-refractivity contribution < 1.29 is 34.2 Å². The summed E-state index contributed by atoms with van der Waals surface area (Å²) in [6, 6.07) is -4.50. The zero-order valence-electron chi connectivity index (χ0n) is 19.2. The van der Waals surface area contributed by atoms with Crippen LogP contribution in [0.25, 0.3) is 0 Å². The van der Waals surface area contributed by atoms with E-state index >= 15 is 0 Å². The van der Waals surface area contributed by atoms with Crippen LogP contribution in [0.4, 0.5) is 0 Å². The highest BCUT2D eigenvalue weighted by Crippen LogP contribution is 2.11. The van der Waals surface area contributed by atoms with Crippen molar-refractivity contribution in [3.8, 4) is 0 Å². The second-order valence-electron chi connectivity index (χ2n) is 7.99. The van der Waals surface area contributed by atoms with Crippen molar-refractivity contribution in [1.82, 2.24) is 16.0 Å². The maximum atomic E-state index is 12.9. The van der Waals surface area contributed by atoms with Crippen molar-refractivity contribution in [3.05, 3.63) is 0 Å². The van der Waals surface area contributed by atoms with Gasteiger partial charge in [0.2, 0.25) is 17.7 Å². The molecule has 0 aromatic heterocycles. The zero-order valence-corrected chi connectivity index (χ0v) is 20.0. The first-order valence-corrected chi connectivity index (χ1v) is 11.8. The molecule has 0 rings (SSSR count). The van der Waals surface area contributed by atoms with Crippen molar-refractivity contribution in [2.75, 3.05) is 12.0 Å². The number of nitrogens with two attached hydrogens (primary N) is 1. The van der Waals surface area contributed by atoms with Gasteiger partial charge in [0, 0.05) is 0 Å². The molecule has 0 saturated heterocycles. The number of carbonyl (C=O) groups is 5. The Morgan fingerprint density at radius 3 is 1.91 bits per heavy atom. The Hall–Kier alpha value is -2.34. The standard InChI is InChI=1S/C20H36N4O7S/c1-6-11(4)16(20(30)31)24-19(29)15(10(2)3)23-18(28)13(7-8-32-5)22-17(27)12(21)9-14(25)26/h10-13,15-16H,6-9,21H2,1-5H3,(H,22,27)(H,23,28)(H,24,29)(H,25,26)(H,30,31). The van der Waals surface area contributed by atoms with Gasteiger partial charge in [-0.25, -0.2) is 4.79 Å². The number of rotatable bonds is 15. The van der Waals surface area contributed by atoms with Crippen LogP contribution >= 0.6 is 11.8 Å². The number of carbonyl (C=O) groups excluding carboxylic acids is 3. The summed E-state index contributed by atoms with van der Waals surface area (Å²) in [5, 5.41) is 25.7. The minimum absolute atomic E-state index is 0.232. The van der Waals surface area contributed by atoms with E-state index in [-0.39, 0.29) is 18.3 Å². The third-order valence-electron chi connectivity index (χ3n) is 5.00. The van der Waals surface area contributed by atoms with Crippen LogP contribution in [0.15, 0.2) is 0 Å². The second kappa shape index (κ2) is 14.7. The van der Waals surface area contributed by atoms with Gasteiger partial charge >= 0.3 is 11.9 Å². The molecule has 0 radical (unpaired) electrons. The van der Waals surface area contributed by atoms with E-state index in [2.05, 4.69) is 16.0 Å². The van der Waals surface area contributed by atoms with Gasteiger partial charge in [0.25, 0.3) is 0 Å². The van der Waals surface area contributed by atoms with Crippen molar-refractivity contribution in [3.63, 3.8) is 0 Å². The summed E-state index contributed by atoms with van der Waals surface area (Å²) in [6.07, 6.45) is 2.00. The van der Waals surface area contributed by atoms with E-state index in [0.717, 1.165) is 0 Å². The van der Waals surface area contributed by atoms with Crippen molar-refractivity contribution in [1.29, 1.82) is 0 Å². The molecule has 0 fully saturated rings. The first kappa shape index (κ1) is 29.7. The number of hydrogen-bond acceptors (Lipinski definition) is 7. The van der Waals surface area contributed by atoms with Gasteiger partial charge in [0.1, 0.15) is 18.1 Å². The minimum Gasteiger partial charge on any atom is -0.481 e. The molecule has 5 atom stereocenters. The van der Waals surface area contributed by atoms with Crippen molar-refractivity contribution in [2.24, 2.45) is 17.6 Å².